The zero-order valence-electron chi connectivity index (χ0n) is 33.6. The van der Waals surface area contributed by atoms with Crippen LogP contribution in [0.4, 0.5) is 5.82 Å². The molecule has 1 aliphatic rings. The summed E-state index contributed by atoms with van der Waals surface area (Å²) < 4.78 is 33.1. The Balaban J connectivity index is 1.30. The molecule has 0 radical (unpaired) electrons. The number of aromatic nitrogens is 4. The number of aromatic amines is 1. The number of carbonyl (C=O) groups excluding carboxylic acids is 1. The maximum Gasteiger partial charge on any atom is 0.330 e. The molecule has 302 valence electrons. The van der Waals surface area contributed by atoms with Crippen molar-refractivity contribution < 1.29 is 33.3 Å². The van der Waals surface area contributed by atoms with Crippen molar-refractivity contribution in [1.29, 1.82) is 0 Å². The van der Waals surface area contributed by atoms with E-state index in [1.807, 2.05) is 84.9 Å². The quantitative estimate of drug-likeness (QED) is 0.0817. The van der Waals surface area contributed by atoms with Crippen molar-refractivity contribution in [2.24, 2.45) is 0 Å². The number of aliphatic hydroxyl groups excluding tert-OH is 1. The largest absolute Gasteiger partial charge is 0.497 e. The Hall–Kier alpha value is -5.64. The third-order valence-electron chi connectivity index (χ3n) is 11.2. The van der Waals surface area contributed by atoms with Crippen molar-refractivity contribution in [3.8, 4) is 11.5 Å². The van der Waals surface area contributed by atoms with Crippen LogP contribution >= 0.6 is 0 Å². The number of nitrogens with zero attached hydrogens (tertiary/aromatic N) is 3. The van der Waals surface area contributed by atoms with E-state index >= 15 is 0 Å². The second-order valence-electron chi connectivity index (χ2n) is 15.8. The number of hydrogen-bond acceptors (Lipinski definition) is 10. The molecule has 4 atom stereocenters. The highest BCUT2D eigenvalue weighted by molar-refractivity contribution is 6.74. The van der Waals surface area contributed by atoms with Gasteiger partial charge in [0.05, 0.1) is 20.8 Å². The van der Waals surface area contributed by atoms with Gasteiger partial charge in [0.2, 0.25) is 0 Å². The molecule has 1 unspecified atom stereocenters. The summed E-state index contributed by atoms with van der Waals surface area (Å²) in [5.74, 6) is 1.06. The van der Waals surface area contributed by atoms with Gasteiger partial charge in [0.1, 0.15) is 47.3 Å². The highest BCUT2D eigenvalue weighted by Crippen LogP contribution is 2.45. The van der Waals surface area contributed by atoms with Crippen molar-refractivity contribution in [3.05, 3.63) is 148 Å². The first-order valence-electron chi connectivity index (χ1n) is 19.1. The van der Waals surface area contributed by atoms with Crippen LogP contribution in [-0.2, 0) is 19.5 Å². The summed E-state index contributed by atoms with van der Waals surface area (Å²) in [5.41, 5.74) is 1.44. The van der Waals surface area contributed by atoms with Crippen molar-refractivity contribution in [3.63, 3.8) is 0 Å². The maximum atomic E-state index is 14.0. The SMILES string of the molecule is COc1ccc(C(OC[C@H]2O[C@@H](n3c(=O)[nH]c4c(NC(=O)c5ccccc5)ncnc43)[C@@H](O[Si](C)(C)C(C)(C)C)C2O)(c2ccccc2)c2ccc(OC)cc2)cc1. The van der Waals surface area contributed by atoms with Crippen molar-refractivity contribution in [2.75, 3.05) is 26.1 Å². The number of anilines is 1. The second kappa shape index (κ2) is 16.3. The number of fused-ring (bicyclic) bond motifs is 1. The number of amides is 1. The van der Waals surface area contributed by atoms with Gasteiger partial charge in [-0.25, -0.2) is 19.3 Å². The van der Waals surface area contributed by atoms with Crippen molar-refractivity contribution >= 4 is 31.2 Å². The molecule has 1 fully saturated rings. The van der Waals surface area contributed by atoms with Gasteiger partial charge in [-0.1, -0.05) is 93.6 Å². The molecule has 3 N–H and O–H groups in total. The fourth-order valence-electron chi connectivity index (χ4n) is 7.03. The molecule has 4 aromatic carbocycles. The van der Waals surface area contributed by atoms with Crippen LogP contribution in [0.1, 0.15) is 54.0 Å². The molecule has 0 spiro atoms. The summed E-state index contributed by atoms with van der Waals surface area (Å²) in [7, 11) is 0.623. The number of methoxy groups -OCH3 is 2. The van der Waals surface area contributed by atoms with Crippen LogP contribution in [0.3, 0.4) is 0 Å². The third-order valence-corrected chi connectivity index (χ3v) is 15.7. The Morgan fingerprint density at radius 1 is 0.845 bits per heavy atom. The van der Waals surface area contributed by atoms with E-state index in [1.165, 1.54) is 10.9 Å². The number of nitrogens with one attached hydrogen (secondary N) is 2. The van der Waals surface area contributed by atoms with Gasteiger partial charge in [-0.15, -0.1) is 0 Å². The van der Waals surface area contributed by atoms with Crippen LogP contribution in [0.15, 0.2) is 120 Å². The van der Waals surface area contributed by atoms with Crippen molar-refractivity contribution in [1.82, 2.24) is 19.5 Å². The predicted molar refractivity (Wildman–Crippen MR) is 223 cm³/mol. The molecule has 2 aromatic heterocycles. The predicted octanol–water partition coefficient (Wildman–Crippen LogP) is 7.05. The van der Waals surface area contributed by atoms with Gasteiger partial charge in [0.15, 0.2) is 26.0 Å². The lowest BCUT2D eigenvalue weighted by atomic mass is 9.80. The van der Waals surface area contributed by atoms with E-state index in [0.29, 0.717) is 17.1 Å². The topological polar surface area (TPSA) is 159 Å². The van der Waals surface area contributed by atoms with Crippen LogP contribution in [0.2, 0.25) is 18.1 Å². The molecular formula is C44H49N5O8Si. The summed E-state index contributed by atoms with van der Waals surface area (Å²) in [6.45, 7) is 10.3. The molecular weight excluding hydrogens is 755 g/mol. The Bertz CT molecular complexity index is 2350. The number of H-pyrrole nitrogens is 1. The molecule has 14 heteroatoms. The molecule has 3 heterocycles. The average Bonchev–Trinajstić information content (AvgIpc) is 3.72. The minimum Gasteiger partial charge on any atom is -0.497 e. The van der Waals surface area contributed by atoms with Crippen molar-refractivity contribution in [2.45, 2.75) is 69.0 Å². The molecule has 0 aliphatic carbocycles. The van der Waals surface area contributed by atoms with E-state index < -0.39 is 50.1 Å². The minimum atomic E-state index is -2.61. The van der Waals surface area contributed by atoms with E-state index in [9.17, 15) is 14.7 Å². The number of ether oxygens (including phenoxy) is 4. The smallest absolute Gasteiger partial charge is 0.330 e. The summed E-state index contributed by atoms with van der Waals surface area (Å²) in [6.07, 6.45) is -3.10. The van der Waals surface area contributed by atoms with Gasteiger partial charge in [-0.05, 0) is 71.2 Å². The average molecular weight is 804 g/mol. The molecule has 1 aliphatic heterocycles. The monoisotopic (exact) mass is 803 g/mol. The molecule has 58 heavy (non-hydrogen) atoms. The summed E-state index contributed by atoms with van der Waals surface area (Å²) in [6, 6.07) is 33.8. The molecule has 1 saturated heterocycles. The fraction of sp³-hybridized carbons (Fsp3) is 0.318. The molecule has 0 saturated carbocycles. The lowest BCUT2D eigenvalue weighted by Gasteiger charge is -2.40. The van der Waals surface area contributed by atoms with Crippen LogP contribution < -0.4 is 20.5 Å². The van der Waals surface area contributed by atoms with E-state index in [-0.39, 0.29) is 28.6 Å². The van der Waals surface area contributed by atoms with Gasteiger partial charge in [0.25, 0.3) is 5.91 Å². The Kier molecular flexibility index (Phi) is 11.4. The minimum absolute atomic E-state index is 0.113. The number of rotatable bonds is 13. The first-order valence-corrected chi connectivity index (χ1v) is 22.0. The normalized spacial score (nSPS) is 18.6. The Morgan fingerprint density at radius 3 is 1.95 bits per heavy atom. The van der Waals surface area contributed by atoms with E-state index in [1.54, 1.807) is 38.5 Å². The second-order valence-corrected chi connectivity index (χ2v) is 20.5. The Labute approximate surface area is 338 Å². The molecule has 0 bridgehead atoms. The number of carbonyl (C=O) groups is 1. The van der Waals surface area contributed by atoms with Gasteiger partial charge in [0, 0.05) is 5.56 Å². The molecule has 7 rings (SSSR count). The first kappa shape index (κ1) is 40.5. The number of aliphatic hydroxyl groups is 1. The van der Waals surface area contributed by atoms with E-state index in [2.05, 4.69) is 54.1 Å². The molecule has 6 aromatic rings. The van der Waals surface area contributed by atoms with Crippen LogP contribution in [0.25, 0.3) is 11.2 Å². The molecule has 13 nitrogen and oxygen atoms in total. The Morgan fingerprint density at radius 2 is 1.40 bits per heavy atom. The zero-order chi connectivity index (χ0) is 41.2. The summed E-state index contributed by atoms with van der Waals surface area (Å²) >= 11 is 0. The fourth-order valence-corrected chi connectivity index (χ4v) is 8.32. The third kappa shape index (κ3) is 7.68. The molecule has 1 amide bonds. The van der Waals surface area contributed by atoms with Gasteiger partial charge in [-0.2, -0.15) is 0 Å². The summed E-state index contributed by atoms with van der Waals surface area (Å²) in [5, 5.41) is 14.8. The lowest BCUT2D eigenvalue weighted by Crippen LogP contribution is -2.49. The number of imidazole rings is 1. The van der Waals surface area contributed by atoms with Gasteiger partial charge in [-0.3, -0.25) is 4.79 Å². The first-order chi connectivity index (χ1) is 27.8. The van der Waals surface area contributed by atoms with Gasteiger partial charge >= 0.3 is 5.69 Å². The van der Waals surface area contributed by atoms with Crippen LogP contribution in [0.5, 0.6) is 11.5 Å². The van der Waals surface area contributed by atoms with Crippen LogP contribution in [0, 0.1) is 0 Å². The highest BCUT2D eigenvalue weighted by Gasteiger charge is 2.52. The number of benzene rings is 4. The standard InChI is InChI=1S/C44H49N5O8Si/c1-43(2,3)58(6,7)57-37-36(50)34(56-41(37)49-39-35(47-42(49)52)38(45-27-46-39)48-40(51)28-14-10-8-11-15-28)26-55-44(29-16-12-9-13-17-29,30-18-22-32(53-4)23-19-30)31-20-24-33(54-5)25-21-31/h8-25,27,34,36-37,41,50H,26H2,1-7H3,(H,47,52)(H,45,46,48,51)/t34-,36?,37+,41-/m1/s1. The maximum absolute atomic E-state index is 14.0. The lowest BCUT2D eigenvalue weighted by molar-refractivity contribution is -0.0946. The number of hydrogen-bond donors (Lipinski definition) is 3. The van der Waals surface area contributed by atoms with Gasteiger partial charge < -0.3 is 38.8 Å². The van der Waals surface area contributed by atoms with E-state index in [0.717, 1.165) is 16.7 Å². The zero-order valence-corrected chi connectivity index (χ0v) is 34.6. The summed E-state index contributed by atoms with van der Waals surface area (Å²) in [4.78, 5) is 38.7. The highest BCUT2D eigenvalue weighted by atomic mass is 28.4. The van der Waals surface area contributed by atoms with Crippen LogP contribution in [-0.4, -0.2) is 78.0 Å². The van der Waals surface area contributed by atoms with E-state index in [4.69, 9.17) is 23.4 Å².